The minimum atomic E-state index is -1.18. The average Bonchev–Trinajstić information content (AvgIpc) is 2.91. The first-order valence-corrected chi connectivity index (χ1v) is 14.0. The van der Waals surface area contributed by atoms with Gasteiger partial charge in [0.1, 0.15) is 24.2 Å². The van der Waals surface area contributed by atoms with Gasteiger partial charge in [0, 0.05) is 0 Å². The third-order valence-corrected chi connectivity index (χ3v) is 6.75. The molecule has 11 heteroatoms. The van der Waals surface area contributed by atoms with Crippen molar-refractivity contribution in [2.75, 3.05) is 0 Å². The van der Waals surface area contributed by atoms with Crippen molar-refractivity contribution in [2.24, 2.45) is 17.8 Å². The number of carboxylic acids is 1. The lowest BCUT2D eigenvalue weighted by Crippen LogP contribution is -2.59. The summed E-state index contributed by atoms with van der Waals surface area (Å²) in [5.74, 6) is -4.57. The minimum absolute atomic E-state index is 0.255. The third-order valence-electron chi connectivity index (χ3n) is 6.75. The number of aliphatic hydroxyl groups excluding tert-OH is 1. The van der Waals surface area contributed by atoms with Gasteiger partial charge in [0.25, 0.3) is 0 Å². The Balaban J connectivity index is 2.87. The SMILES string of the molecule is CC[C@H](C)[C@H](NC(=O)[C@@H](NC(=O)CC(O)/C=C/c1ccccc1)C(C)C)C(=O)N[C@H](C)C(=O)N[C@H](C(=O)O)C(C)C. The highest BCUT2D eigenvalue weighted by Gasteiger charge is 2.33. The van der Waals surface area contributed by atoms with Crippen LogP contribution >= 0.6 is 0 Å². The van der Waals surface area contributed by atoms with E-state index in [-0.39, 0.29) is 24.2 Å². The Morgan fingerprint density at radius 2 is 1.29 bits per heavy atom. The van der Waals surface area contributed by atoms with Crippen LogP contribution in [0.25, 0.3) is 6.08 Å². The molecule has 0 aliphatic carbocycles. The number of rotatable bonds is 16. The van der Waals surface area contributed by atoms with Crippen LogP contribution in [0.1, 0.15) is 66.9 Å². The van der Waals surface area contributed by atoms with Crippen LogP contribution in [0.4, 0.5) is 0 Å². The maximum Gasteiger partial charge on any atom is 0.326 e. The van der Waals surface area contributed by atoms with E-state index in [1.165, 1.54) is 13.0 Å². The molecule has 0 saturated heterocycles. The fourth-order valence-electron chi connectivity index (χ4n) is 3.92. The molecule has 1 rings (SSSR count). The van der Waals surface area contributed by atoms with Gasteiger partial charge in [0.05, 0.1) is 12.5 Å². The molecule has 6 atom stereocenters. The molecule has 11 nitrogen and oxygen atoms in total. The molecule has 0 heterocycles. The van der Waals surface area contributed by atoms with E-state index in [1.54, 1.807) is 40.7 Å². The maximum absolute atomic E-state index is 13.2. The van der Waals surface area contributed by atoms with Crippen molar-refractivity contribution in [1.29, 1.82) is 0 Å². The second-order valence-electron chi connectivity index (χ2n) is 11.0. The standard InChI is InChI=1S/C30H46N4O7/c1-8-19(6)26(29(39)31-20(7)27(37)33-25(18(4)5)30(40)41)34-28(38)24(17(2)3)32-23(36)16-22(35)15-14-21-12-10-9-11-13-21/h9-15,17-20,22,24-26,35H,8,16H2,1-7H3,(H,31,39)(H,32,36)(H,33,37)(H,34,38)(H,40,41)/b15-14+/t19-,20+,22?,24-,25-,26-/m0/s1. The topological polar surface area (TPSA) is 174 Å². The molecule has 1 unspecified atom stereocenters. The van der Waals surface area contributed by atoms with Crippen molar-refractivity contribution in [3.05, 3.63) is 42.0 Å². The first kappa shape index (κ1) is 35.3. The van der Waals surface area contributed by atoms with Crippen LogP contribution < -0.4 is 21.3 Å². The summed E-state index contributed by atoms with van der Waals surface area (Å²) in [5.41, 5.74) is 0.870. The summed E-state index contributed by atoms with van der Waals surface area (Å²) in [7, 11) is 0. The molecule has 0 aliphatic heterocycles. The average molecular weight is 575 g/mol. The predicted octanol–water partition coefficient (Wildman–Crippen LogP) is 1.85. The fourth-order valence-corrected chi connectivity index (χ4v) is 3.92. The van der Waals surface area contributed by atoms with Gasteiger partial charge in [0.15, 0.2) is 0 Å². The Hall–Kier alpha value is -3.73. The monoisotopic (exact) mass is 574 g/mol. The van der Waals surface area contributed by atoms with E-state index < -0.39 is 59.9 Å². The van der Waals surface area contributed by atoms with Crippen LogP contribution in [-0.4, -0.2) is 70.1 Å². The van der Waals surface area contributed by atoms with Crippen molar-refractivity contribution >= 4 is 35.7 Å². The molecule has 0 bridgehead atoms. The molecular weight excluding hydrogens is 528 g/mol. The van der Waals surface area contributed by atoms with Crippen molar-refractivity contribution in [2.45, 2.75) is 91.6 Å². The van der Waals surface area contributed by atoms with E-state index in [1.807, 2.05) is 37.3 Å². The number of hydrogen-bond acceptors (Lipinski definition) is 6. The highest BCUT2D eigenvalue weighted by molar-refractivity contribution is 5.95. The van der Waals surface area contributed by atoms with Gasteiger partial charge in [-0.1, -0.05) is 90.4 Å². The third kappa shape index (κ3) is 12.1. The summed E-state index contributed by atoms with van der Waals surface area (Å²) in [6.45, 7) is 11.8. The molecule has 1 aromatic rings. The number of carbonyl (C=O) groups is 5. The lowest BCUT2D eigenvalue weighted by Gasteiger charge is -2.29. The summed E-state index contributed by atoms with van der Waals surface area (Å²) >= 11 is 0. The lowest BCUT2D eigenvalue weighted by molar-refractivity contribution is -0.143. The van der Waals surface area contributed by atoms with Crippen molar-refractivity contribution in [3.8, 4) is 0 Å². The van der Waals surface area contributed by atoms with Gasteiger partial charge in [-0.05, 0) is 30.2 Å². The molecule has 0 radical (unpaired) electrons. The number of hydrogen-bond donors (Lipinski definition) is 6. The van der Waals surface area contributed by atoms with Gasteiger partial charge in [-0.25, -0.2) is 4.79 Å². The largest absolute Gasteiger partial charge is 0.480 e. The first-order valence-electron chi connectivity index (χ1n) is 14.0. The zero-order valence-electron chi connectivity index (χ0n) is 25.0. The maximum atomic E-state index is 13.2. The quantitative estimate of drug-likeness (QED) is 0.175. The zero-order valence-corrected chi connectivity index (χ0v) is 25.0. The number of amides is 4. The highest BCUT2D eigenvalue weighted by atomic mass is 16.4. The summed E-state index contributed by atoms with van der Waals surface area (Å²) < 4.78 is 0. The molecule has 41 heavy (non-hydrogen) atoms. The molecule has 6 N–H and O–H groups in total. The highest BCUT2D eigenvalue weighted by Crippen LogP contribution is 2.12. The van der Waals surface area contributed by atoms with E-state index in [4.69, 9.17) is 0 Å². The van der Waals surface area contributed by atoms with Crippen molar-refractivity contribution in [1.82, 2.24) is 21.3 Å². The summed E-state index contributed by atoms with van der Waals surface area (Å²) in [5, 5.41) is 29.9. The number of nitrogens with one attached hydrogen (secondary N) is 4. The number of aliphatic carboxylic acids is 1. The smallest absolute Gasteiger partial charge is 0.326 e. The molecular formula is C30H46N4O7. The molecule has 0 aromatic heterocycles. The van der Waals surface area contributed by atoms with Crippen LogP contribution in [0, 0.1) is 17.8 Å². The number of aliphatic hydroxyl groups is 1. The summed E-state index contributed by atoms with van der Waals surface area (Å²) in [6.07, 6.45) is 2.42. The Morgan fingerprint density at radius 1 is 0.756 bits per heavy atom. The van der Waals surface area contributed by atoms with Gasteiger partial charge in [0.2, 0.25) is 23.6 Å². The van der Waals surface area contributed by atoms with Gasteiger partial charge in [-0.15, -0.1) is 0 Å². The Bertz CT molecular complexity index is 1060. The van der Waals surface area contributed by atoms with E-state index in [9.17, 15) is 34.2 Å². The molecule has 0 saturated carbocycles. The van der Waals surface area contributed by atoms with Crippen molar-refractivity contribution < 1.29 is 34.2 Å². The fraction of sp³-hybridized carbons (Fsp3) is 0.567. The number of carbonyl (C=O) groups excluding carboxylic acids is 4. The Kier molecular flexibility index (Phi) is 14.8. The molecule has 228 valence electrons. The van der Waals surface area contributed by atoms with Crippen molar-refractivity contribution in [3.63, 3.8) is 0 Å². The van der Waals surface area contributed by atoms with Gasteiger partial charge in [-0.3, -0.25) is 19.2 Å². The van der Waals surface area contributed by atoms with Gasteiger partial charge in [-0.2, -0.15) is 0 Å². The van der Waals surface area contributed by atoms with Gasteiger partial charge >= 0.3 is 5.97 Å². The van der Waals surface area contributed by atoms with E-state index in [0.29, 0.717) is 6.42 Å². The van der Waals surface area contributed by atoms with Crippen LogP contribution in [0.15, 0.2) is 36.4 Å². The second-order valence-corrected chi connectivity index (χ2v) is 11.0. The Morgan fingerprint density at radius 3 is 1.80 bits per heavy atom. The number of benzene rings is 1. The molecule has 0 spiro atoms. The Labute approximate surface area is 242 Å². The zero-order chi connectivity index (χ0) is 31.3. The summed E-state index contributed by atoms with van der Waals surface area (Å²) in [4.78, 5) is 63.0. The van der Waals surface area contributed by atoms with Crippen LogP contribution in [-0.2, 0) is 24.0 Å². The molecule has 1 aromatic carbocycles. The van der Waals surface area contributed by atoms with Gasteiger partial charge < -0.3 is 31.5 Å². The summed E-state index contributed by atoms with van der Waals surface area (Å²) in [6, 6.07) is 5.14. The normalized spacial score (nSPS) is 15.9. The predicted molar refractivity (Wildman–Crippen MR) is 156 cm³/mol. The molecule has 4 amide bonds. The first-order chi connectivity index (χ1) is 19.2. The van der Waals surface area contributed by atoms with E-state index in [2.05, 4.69) is 21.3 Å². The lowest BCUT2D eigenvalue weighted by atomic mass is 9.96. The number of carboxylic acid groups (broad SMARTS) is 1. The van der Waals surface area contributed by atoms with Crippen LogP contribution in [0.5, 0.6) is 0 Å². The van der Waals surface area contributed by atoms with Crippen LogP contribution in [0.3, 0.4) is 0 Å². The van der Waals surface area contributed by atoms with E-state index in [0.717, 1.165) is 5.56 Å². The molecule has 0 fully saturated rings. The molecule has 0 aliphatic rings. The van der Waals surface area contributed by atoms with E-state index >= 15 is 0 Å². The minimum Gasteiger partial charge on any atom is -0.480 e. The van der Waals surface area contributed by atoms with Crippen LogP contribution in [0.2, 0.25) is 0 Å². The second kappa shape index (κ2) is 17.2.